The maximum atomic E-state index is 12.8. The second-order valence-electron chi connectivity index (χ2n) is 4.77. The molecule has 21 heavy (non-hydrogen) atoms. The molecule has 8 heteroatoms. The highest BCUT2D eigenvalue weighted by molar-refractivity contribution is 7.99. The summed E-state index contributed by atoms with van der Waals surface area (Å²) in [6.45, 7) is 0.579. The first-order valence-corrected chi connectivity index (χ1v) is 7.44. The SMILES string of the molecule is FC(F)(F)c1cc(C2CSCCCN2)cc(C(F)(F)F)c1. The Labute approximate surface area is 122 Å². The van der Waals surface area contributed by atoms with E-state index in [2.05, 4.69) is 5.32 Å². The summed E-state index contributed by atoms with van der Waals surface area (Å²) in [7, 11) is 0. The van der Waals surface area contributed by atoms with Crippen molar-refractivity contribution in [2.45, 2.75) is 24.8 Å². The van der Waals surface area contributed by atoms with Gasteiger partial charge in [-0.25, -0.2) is 0 Å². The average Bonchev–Trinajstić information content (AvgIpc) is 2.65. The summed E-state index contributed by atoms with van der Waals surface area (Å²) >= 11 is 1.52. The molecular formula is C13H13F6NS. The van der Waals surface area contributed by atoms with E-state index >= 15 is 0 Å². The molecule has 1 saturated heterocycles. The van der Waals surface area contributed by atoms with E-state index < -0.39 is 29.5 Å². The Morgan fingerprint density at radius 1 is 0.952 bits per heavy atom. The molecule has 1 aromatic carbocycles. The molecule has 118 valence electrons. The smallest absolute Gasteiger partial charge is 0.309 e. The molecule has 0 aliphatic carbocycles. The van der Waals surface area contributed by atoms with Gasteiger partial charge in [0.15, 0.2) is 0 Å². The molecule has 1 atom stereocenters. The molecule has 0 aromatic heterocycles. The molecule has 1 aliphatic rings. The molecule has 0 radical (unpaired) electrons. The fourth-order valence-corrected chi connectivity index (χ4v) is 3.17. The van der Waals surface area contributed by atoms with Gasteiger partial charge in [0.05, 0.1) is 11.1 Å². The molecule has 0 bridgehead atoms. The molecule has 0 spiro atoms. The van der Waals surface area contributed by atoms with Crippen LogP contribution in [-0.4, -0.2) is 18.1 Å². The van der Waals surface area contributed by atoms with Gasteiger partial charge in [-0.2, -0.15) is 38.1 Å². The third kappa shape index (κ3) is 4.29. The van der Waals surface area contributed by atoms with Crippen molar-refractivity contribution in [2.24, 2.45) is 0 Å². The number of hydrogen-bond donors (Lipinski definition) is 1. The lowest BCUT2D eigenvalue weighted by atomic mass is 10.00. The molecule has 0 saturated carbocycles. The van der Waals surface area contributed by atoms with Crippen LogP contribution in [0.3, 0.4) is 0 Å². The van der Waals surface area contributed by atoms with Crippen molar-refractivity contribution in [1.29, 1.82) is 0 Å². The van der Waals surface area contributed by atoms with Crippen LogP contribution in [0.1, 0.15) is 29.2 Å². The van der Waals surface area contributed by atoms with Crippen LogP contribution in [0, 0.1) is 0 Å². The number of thioether (sulfide) groups is 1. The number of hydrogen-bond acceptors (Lipinski definition) is 2. The van der Waals surface area contributed by atoms with E-state index in [9.17, 15) is 26.3 Å². The predicted molar refractivity (Wildman–Crippen MR) is 69.1 cm³/mol. The normalized spacial score (nSPS) is 21.1. The minimum atomic E-state index is -4.80. The van der Waals surface area contributed by atoms with Crippen molar-refractivity contribution in [1.82, 2.24) is 5.32 Å². The van der Waals surface area contributed by atoms with Crippen LogP contribution < -0.4 is 5.32 Å². The summed E-state index contributed by atoms with van der Waals surface area (Å²) in [5.41, 5.74) is -2.49. The second kappa shape index (κ2) is 6.08. The number of rotatable bonds is 1. The summed E-state index contributed by atoms with van der Waals surface area (Å²) in [6, 6.07) is 1.27. The van der Waals surface area contributed by atoms with Gasteiger partial charge in [-0.15, -0.1) is 0 Å². The minimum absolute atomic E-state index is 0.0338. The van der Waals surface area contributed by atoms with Crippen LogP contribution in [0.25, 0.3) is 0 Å². The van der Waals surface area contributed by atoms with E-state index in [4.69, 9.17) is 0 Å². The first kappa shape index (κ1) is 16.5. The zero-order valence-electron chi connectivity index (χ0n) is 10.8. The van der Waals surface area contributed by atoms with Gasteiger partial charge in [0, 0.05) is 11.8 Å². The number of alkyl halides is 6. The first-order valence-electron chi connectivity index (χ1n) is 6.28. The topological polar surface area (TPSA) is 12.0 Å². The quantitative estimate of drug-likeness (QED) is 0.762. The molecule has 1 aromatic rings. The van der Waals surface area contributed by atoms with Crippen molar-refractivity contribution in [3.63, 3.8) is 0 Å². The third-order valence-corrected chi connectivity index (χ3v) is 4.30. The fourth-order valence-electron chi connectivity index (χ4n) is 2.10. The Hall–Kier alpha value is -0.890. The predicted octanol–water partition coefficient (Wildman–Crippen LogP) is 4.49. The summed E-state index contributed by atoms with van der Waals surface area (Å²) in [4.78, 5) is 0. The molecular weight excluding hydrogens is 316 g/mol. The van der Waals surface area contributed by atoms with E-state index in [0.29, 0.717) is 12.3 Å². The lowest BCUT2D eigenvalue weighted by molar-refractivity contribution is -0.143. The number of benzene rings is 1. The zero-order valence-corrected chi connectivity index (χ0v) is 11.6. The third-order valence-electron chi connectivity index (χ3n) is 3.15. The standard InChI is InChI=1S/C13H13F6NS/c14-12(15,16)9-4-8(5-10(6-9)13(17,18)19)11-7-21-3-1-2-20-11/h4-6,11,20H,1-3,7H2. The minimum Gasteiger partial charge on any atom is -0.309 e. The average molecular weight is 329 g/mol. The first-order chi connectivity index (χ1) is 9.68. The zero-order chi connectivity index (χ0) is 15.7. The highest BCUT2D eigenvalue weighted by atomic mass is 32.2. The molecule has 1 nitrogen and oxygen atoms in total. The van der Waals surface area contributed by atoms with Crippen LogP contribution in [0.4, 0.5) is 26.3 Å². The molecule has 1 heterocycles. The van der Waals surface area contributed by atoms with Crippen LogP contribution in [0.15, 0.2) is 18.2 Å². The summed E-state index contributed by atoms with van der Waals surface area (Å²) < 4.78 is 76.7. The van der Waals surface area contributed by atoms with Crippen LogP contribution >= 0.6 is 11.8 Å². The molecule has 1 N–H and O–H groups in total. The summed E-state index contributed by atoms with van der Waals surface area (Å²) in [5, 5.41) is 3.00. The Morgan fingerprint density at radius 2 is 1.52 bits per heavy atom. The van der Waals surface area contributed by atoms with Gasteiger partial charge in [0.1, 0.15) is 0 Å². The van der Waals surface area contributed by atoms with Crippen LogP contribution in [-0.2, 0) is 12.4 Å². The van der Waals surface area contributed by atoms with Gasteiger partial charge >= 0.3 is 12.4 Å². The fraction of sp³-hybridized carbons (Fsp3) is 0.538. The van der Waals surface area contributed by atoms with E-state index in [1.807, 2.05) is 0 Å². The van der Waals surface area contributed by atoms with Crippen LogP contribution in [0.5, 0.6) is 0 Å². The van der Waals surface area contributed by atoms with Crippen molar-refractivity contribution in [3.8, 4) is 0 Å². The summed E-state index contributed by atoms with van der Waals surface area (Å²) in [6.07, 6.45) is -8.76. The molecule has 1 aliphatic heterocycles. The van der Waals surface area contributed by atoms with Crippen molar-refractivity contribution >= 4 is 11.8 Å². The second-order valence-corrected chi connectivity index (χ2v) is 5.92. The van der Waals surface area contributed by atoms with E-state index in [-0.39, 0.29) is 11.6 Å². The molecule has 1 unspecified atom stereocenters. The van der Waals surface area contributed by atoms with Crippen molar-refractivity contribution in [2.75, 3.05) is 18.1 Å². The summed E-state index contributed by atoms with van der Waals surface area (Å²) in [5.74, 6) is 1.30. The number of nitrogens with one attached hydrogen (secondary N) is 1. The van der Waals surface area contributed by atoms with Crippen LogP contribution in [0.2, 0.25) is 0 Å². The van der Waals surface area contributed by atoms with Gasteiger partial charge in [-0.05, 0) is 42.5 Å². The van der Waals surface area contributed by atoms with Gasteiger partial charge in [-0.1, -0.05) is 0 Å². The van der Waals surface area contributed by atoms with Crippen molar-refractivity contribution in [3.05, 3.63) is 34.9 Å². The number of halogens is 6. The van der Waals surface area contributed by atoms with Crippen molar-refractivity contribution < 1.29 is 26.3 Å². The highest BCUT2D eigenvalue weighted by Gasteiger charge is 2.37. The van der Waals surface area contributed by atoms with E-state index in [0.717, 1.165) is 24.3 Å². The Balaban J connectivity index is 2.44. The Bertz CT molecular complexity index is 456. The largest absolute Gasteiger partial charge is 0.416 e. The van der Waals surface area contributed by atoms with Gasteiger partial charge in [0.2, 0.25) is 0 Å². The maximum Gasteiger partial charge on any atom is 0.416 e. The molecule has 0 amide bonds. The van der Waals surface area contributed by atoms with E-state index in [1.54, 1.807) is 0 Å². The van der Waals surface area contributed by atoms with Gasteiger partial charge < -0.3 is 5.32 Å². The lowest BCUT2D eigenvalue weighted by Gasteiger charge is -2.20. The molecule has 2 rings (SSSR count). The van der Waals surface area contributed by atoms with E-state index in [1.165, 1.54) is 11.8 Å². The highest BCUT2D eigenvalue weighted by Crippen LogP contribution is 2.38. The van der Waals surface area contributed by atoms with Gasteiger partial charge in [-0.3, -0.25) is 0 Å². The Kier molecular flexibility index (Phi) is 4.77. The lowest BCUT2D eigenvalue weighted by Crippen LogP contribution is -2.24. The maximum absolute atomic E-state index is 12.8. The Morgan fingerprint density at radius 3 is 2.05 bits per heavy atom. The molecule has 1 fully saturated rings. The monoisotopic (exact) mass is 329 g/mol. The van der Waals surface area contributed by atoms with Gasteiger partial charge in [0.25, 0.3) is 0 Å².